The van der Waals surface area contributed by atoms with Crippen LogP contribution in [0.4, 0.5) is 0 Å². The lowest BCUT2D eigenvalue weighted by atomic mass is 10.0. The normalized spacial score (nSPS) is 16.4. The lowest BCUT2D eigenvalue weighted by Crippen LogP contribution is -2.27. The summed E-state index contributed by atoms with van der Waals surface area (Å²) in [5.41, 5.74) is 2.00. The molecule has 0 aliphatic carbocycles. The van der Waals surface area contributed by atoms with E-state index in [4.69, 9.17) is 16.3 Å². The smallest absolute Gasteiger partial charge is 0.279 e. The maximum absolute atomic E-state index is 13.5. The van der Waals surface area contributed by atoms with Crippen molar-refractivity contribution in [2.24, 2.45) is 5.10 Å². The Morgan fingerprint density at radius 3 is 2.62 bits per heavy atom. The van der Waals surface area contributed by atoms with E-state index >= 15 is 0 Å². The van der Waals surface area contributed by atoms with E-state index < -0.39 is 16.1 Å². The summed E-state index contributed by atoms with van der Waals surface area (Å²) in [7, 11) is -2.31. The summed E-state index contributed by atoms with van der Waals surface area (Å²) >= 11 is 8.10. The molecule has 0 saturated heterocycles. The summed E-state index contributed by atoms with van der Waals surface area (Å²) in [6, 6.07) is 18.9. The van der Waals surface area contributed by atoms with E-state index in [1.54, 1.807) is 37.4 Å². The number of pyridine rings is 1. The summed E-state index contributed by atoms with van der Waals surface area (Å²) in [4.78, 5) is 5.61. The second-order valence-electron chi connectivity index (χ2n) is 7.26. The molecule has 0 bridgehead atoms. The Hall–Kier alpha value is -2.94. The number of sulfonamides is 1. The first-order valence-corrected chi connectivity index (χ1v) is 12.5. The Bertz CT molecular complexity index is 1420. The molecule has 6 nitrogen and oxygen atoms in total. The van der Waals surface area contributed by atoms with Gasteiger partial charge in [-0.05, 0) is 47.8 Å². The summed E-state index contributed by atoms with van der Waals surface area (Å²) in [5, 5.41) is 7.56. The molecule has 5 rings (SSSR count). The molecule has 4 aromatic rings. The number of methoxy groups -OCH3 is 1. The van der Waals surface area contributed by atoms with Gasteiger partial charge in [-0.15, -0.1) is 11.3 Å². The first-order chi connectivity index (χ1) is 15.5. The minimum absolute atomic E-state index is 0.174. The van der Waals surface area contributed by atoms with Crippen molar-refractivity contribution in [2.45, 2.75) is 17.4 Å². The van der Waals surface area contributed by atoms with Gasteiger partial charge in [0, 0.05) is 17.4 Å². The third-order valence-electron chi connectivity index (χ3n) is 5.33. The van der Waals surface area contributed by atoms with Crippen LogP contribution in [0.1, 0.15) is 22.9 Å². The summed E-state index contributed by atoms with van der Waals surface area (Å²) in [6.45, 7) is 0. The average Bonchev–Trinajstić information content (AvgIpc) is 3.49. The molecule has 32 heavy (non-hydrogen) atoms. The molecule has 2 aromatic heterocycles. The standard InChI is InChI=1S/C23H18ClN3O3S2/c1-30-16-9-10-19-15(12-16)13-18(23(24)25-19)21-14-20(22-8-5-11-31-22)26-27(21)32(28,29)17-6-3-2-4-7-17/h2-13,21H,14H2,1H3. The van der Waals surface area contributed by atoms with Crippen LogP contribution in [0, 0.1) is 0 Å². The van der Waals surface area contributed by atoms with Gasteiger partial charge in [0.2, 0.25) is 0 Å². The number of aromatic nitrogens is 1. The van der Waals surface area contributed by atoms with Gasteiger partial charge in [0.05, 0.1) is 34.2 Å². The first-order valence-electron chi connectivity index (χ1n) is 9.82. The number of fused-ring (bicyclic) bond motifs is 1. The molecular weight excluding hydrogens is 466 g/mol. The van der Waals surface area contributed by atoms with E-state index in [0.29, 0.717) is 29.0 Å². The zero-order valence-electron chi connectivity index (χ0n) is 17.0. The maximum atomic E-state index is 13.5. The highest BCUT2D eigenvalue weighted by Crippen LogP contribution is 2.41. The number of benzene rings is 2. The van der Waals surface area contributed by atoms with Crippen LogP contribution in [0.3, 0.4) is 0 Å². The first kappa shape index (κ1) is 20.9. The van der Waals surface area contributed by atoms with E-state index in [-0.39, 0.29) is 10.0 Å². The van der Waals surface area contributed by atoms with Gasteiger partial charge in [-0.1, -0.05) is 35.9 Å². The molecule has 3 heterocycles. The third-order valence-corrected chi connectivity index (χ3v) is 8.25. The van der Waals surface area contributed by atoms with Gasteiger partial charge in [-0.2, -0.15) is 17.9 Å². The lowest BCUT2D eigenvalue weighted by Gasteiger charge is -2.24. The van der Waals surface area contributed by atoms with E-state index in [0.717, 1.165) is 10.3 Å². The van der Waals surface area contributed by atoms with E-state index in [2.05, 4.69) is 10.1 Å². The molecule has 0 amide bonds. The van der Waals surface area contributed by atoms with Crippen LogP contribution in [-0.4, -0.2) is 30.6 Å². The molecule has 0 fully saturated rings. The predicted molar refractivity (Wildman–Crippen MR) is 127 cm³/mol. The highest BCUT2D eigenvalue weighted by molar-refractivity contribution is 7.89. The number of hydrogen-bond acceptors (Lipinski definition) is 6. The van der Waals surface area contributed by atoms with Crippen LogP contribution in [0.25, 0.3) is 10.9 Å². The monoisotopic (exact) mass is 483 g/mol. The van der Waals surface area contributed by atoms with Crippen molar-refractivity contribution in [3.05, 3.63) is 87.7 Å². The lowest BCUT2D eigenvalue weighted by molar-refractivity contribution is 0.371. The minimum Gasteiger partial charge on any atom is -0.497 e. The molecule has 0 N–H and O–H groups in total. The SMILES string of the molecule is COc1ccc2nc(Cl)c(C3CC(c4cccs4)=NN3S(=O)(=O)c3ccccc3)cc2c1. The Balaban J connectivity index is 1.65. The van der Waals surface area contributed by atoms with Crippen LogP contribution >= 0.6 is 22.9 Å². The molecule has 0 saturated carbocycles. The van der Waals surface area contributed by atoms with Crippen LogP contribution in [-0.2, 0) is 10.0 Å². The Morgan fingerprint density at radius 1 is 1.09 bits per heavy atom. The Morgan fingerprint density at radius 2 is 1.91 bits per heavy atom. The number of ether oxygens (including phenoxy) is 1. The molecular formula is C23H18ClN3O3S2. The second kappa shape index (κ2) is 8.20. The second-order valence-corrected chi connectivity index (χ2v) is 10.4. The van der Waals surface area contributed by atoms with Crippen molar-refractivity contribution in [3.63, 3.8) is 0 Å². The zero-order valence-corrected chi connectivity index (χ0v) is 19.4. The van der Waals surface area contributed by atoms with Gasteiger partial charge < -0.3 is 4.74 Å². The fourth-order valence-corrected chi connectivity index (χ4v) is 6.18. The van der Waals surface area contributed by atoms with Crippen molar-refractivity contribution in [1.82, 2.24) is 9.40 Å². The number of hydrogen-bond donors (Lipinski definition) is 0. The molecule has 0 spiro atoms. The number of nitrogens with zero attached hydrogens (tertiary/aromatic N) is 3. The fourth-order valence-electron chi connectivity index (χ4n) is 3.74. The van der Waals surface area contributed by atoms with Crippen LogP contribution in [0.2, 0.25) is 5.15 Å². The van der Waals surface area contributed by atoms with Crippen molar-refractivity contribution < 1.29 is 13.2 Å². The van der Waals surface area contributed by atoms with Gasteiger partial charge in [0.15, 0.2) is 0 Å². The van der Waals surface area contributed by atoms with E-state index in [1.165, 1.54) is 15.8 Å². The zero-order chi connectivity index (χ0) is 22.3. The minimum atomic E-state index is -3.90. The fraction of sp³-hybridized carbons (Fsp3) is 0.130. The van der Waals surface area contributed by atoms with Gasteiger partial charge in [0.1, 0.15) is 10.9 Å². The van der Waals surface area contributed by atoms with Gasteiger partial charge >= 0.3 is 0 Å². The van der Waals surface area contributed by atoms with Crippen LogP contribution < -0.4 is 4.74 Å². The number of thiophene rings is 1. The molecule has 0 radical (unpaired) electrons. The van der Waals surface area contributed by atoms with Crippen molar-refractivity contribution in [2.75, 3.05) is 7.11 Å². The van der Waals surface area contributed by atoms with Crippen molar-refractivity contribution >= 4 is 49.6 Å². The van der Waals surface area contributed by atoms with Crippen molar-refractivity contribution in [3.8, 4) is 5.75 Å². The van der Waals surface area contributed by atoms with Gasteiger partial charge in [-0.25, -0.2) is 4.98 Å². The highest BCUT2D eigenvalue weighted by Gasteiger charge is 2.39. The van der Waals surface area contributed by atoms with Crippen LogP contribution in [0.5, 0.6) is 5.75 Å². The van der Waals surface area contributed by atoms with Crippen molar-refractivity contribution in [1.29, 1.82) is 0 Å². The number of hydrazone groups is 1. The summed E-state index contributed by atoms with van der Waals surface area (Å²) in [5.74, 6) is 0.684. The quantitative estimate of drug-likeness (QED) is 0.351. The molecule has 1 aliphatic rings. The highest BCUT2D eigenvalue weighted by atomic mass is 35.5. The predicted octanol–water partition coefficient (Wildman–Crippen LogP) is 5.50. The molecule has 1 unspecified atom stereocenters. The average molecular weight is 484 g/mol. The molecule has 162 valence electrons. The summed E-state index contributed by atoms with van der Waals surface area (Å²) in [6.07, 6.45) is 0.392. The van der Waals surface area contributed by atoms with E-state index in [9.17, 15) is 8.42 Å². The molecule has 1 atom stereocenters. The topological polar surface area (TPSA) is 71.9 Å². The molecule has 2 aromatic carbocycles. The third kappa shape index (κ3) is 3.64. The molecule has 1 aliphatic heterocycles. The van der Waals surface area contributed by atoms with E-state index in [1.807, 2.05) is 41.8 Å². The maximum Gasteiger partial charge on any atom is 0.279 e. The van der Waals surface area contributed by atoms with Gasteiger partial charge in [0.25, 0.3) is 10.0 Å². The Kier molecular flexibility index (Phi) is 5.36. The summed E-state index contributed by atoms with van der Waals surface area (Å²) < 4.78 is 33.6. The van der Waals surface area contributed by atoms with Crippen LogP contribution in [0.15, 0.2) is 82.1 Å². The van der Waals surface area contributed by atoms with Gasteiger partial charge in [-0.3, -0.25) is 0 Å². The number of halogens is 1. The number of rotatable bonds is 5. The molecule has 9 heteroatoms. The Labute approximate surface area is 194 Å². The largest absolute Gasteiger partial charge is 0.497 e.